The lowest BCUT2D eigenvalue weighted by molar-refractivity contribution is -0.141. The molecule has 1 atom stereocenters. The minimum absolute atomic E-state index is 0.00233. The summed E-state index contributed by atoms with van der Waals surface area (Å²) in [6, 6.07) is 0. The van der Waals surface area contributed by atoms with E-state index in [2.05, 4.69) is 15.4 Å². The third-order valence-corrected chi connectivity index (χ3v) is 2.58. The molecule has 8 nitrogen and oxygen atoms in total. The number of hydrogen-bond acceptors (Lipinski definition) is 5. The smallest absolute Gasteiger partial charge is 0.308 e. The number of carbonyl (C=O) groups excluding carboxylic acids is 1. The second kappa shape index (κ2) is 4.48. The summed E-state index contributed by atoms with van der Waals surface area (Å²) < 4.78 is 0. The van der Waals surface area contributed by atoms with Crippen LogP contribution in [0, 0.1) is 5.92 Å². The minimum atomic E-state index is -0.971. The Labute approximate surface area is 97.2 Å². The Hall–Kier alpha value is -1.99. The van der Waals surface area contributed by atoms with Crippen molar-refractivity contribution in [1.82, 2.24) is 20.2 Å². The van der Waals surface area contributed by atoms with E-state index in [-0.39, 0.29) is 24.8 Å². The summed E-state index contributed by atoms with van der Waals surface area (Å²) in [5.41, 5.74) is 0. The number of aliphatic carboxylic acids is 1. The predicted octanol–water partition coefficient (Wildman–Crippen LogP) is -0.479. The molecule has 0 saturated carbocycles. The Balaban J connectivity index is 2.11. The van der Waals surface area contributed by atoms with Gasteiger partial charge >= 0.3 is 5.97 Å². The Morgan fingerprint density at radius 2 is 2.35 bits per heavy atom. The van der Waals surface area contributed by atoms with Gasteiger partial charge in [0.05, 0.1) is 12.5 Å². The van der Waals surface area contributed by atoms with Crippen molar-refractivity contribution < 1.29 is 14.7 Å². The molecule has 0 aromatic carbocycles. The van der Waals surface area contributed by atoms with Gasteiger partial charge in [-0.3, -0.25) is 14.5 Å². The molecular weight excluding hydrogens is 226 g/mol. The van der Waals surface area contributed by atoms with Crippen molar-refractivity contribution in [3.05, 3.63) is 0 Å². The van der Waals surface area contributed by atoms with Gasteiger partial charge in [-0.1, -0.05) is 12.0 Å². The van der Waals surface area contributed by atoms with Crippen molar-refractivity contribution in [3.63, 3.8) is 0 Å². The van der Waals surface area contributed by atoms with Crippen LogP contribution in [0.4, 0.5) is 5.95 Å². The number of carboxylic acids is 1. The van der Waals surface area contributed by atoms with Crippen LogP contribution in [0.25, 0.3) is 0 Å². The first-order chi connectivity index (χ1) is 8.11. The topological polar surface area (TPSA) is 101 Å². The van der Waals surface area contributed by atoms with E-state index >= 15 is 0 Å². The predicted molar refractivity (Wildman–Crippen MR) is 56.2 cm³/mol. The molecular formula is C9H13N5O3. The highest BCUT2D eigenvalue weighted by Gasteiger charge is 2.37. The van der Waals surface area contributed by atoms with Crippen molar-refractivity contribution >= 4 is 17.8 Å². The molecule has 0 radical (unpaired) electrons. The Bertz CT molecular complexity index is 444. The maximum Gasteiger partial charge on any atom is 0.308 e. The summed E-state index contributed by atoms with van der Waals surface area (Å²) in [4.78, 5) is 25.1. The molecule has 2 heterocycles. The fraction of sp³-hybridized carbons (Fsp3) is 0.667. The number of nitrogens with zero attached hydrogens (tertiary/aromatic N) is 5. The number of aromatic nitrogens is 4. The number of carboxylic acid groups (broad SMARTS) is 1. The molecule has 1 amide bonds. The van der Waals surface area contributed by atoms with Gasteiger partial charge < -0.3 is 5.11 Å². The average molecular weight is 239 g/mol. The number of rotatable bonds is 4. The van der Waals surface area contributed by atoms with Crippen LogP contribution in [-0.2, 0) is 16.1 Å². The van der Waals surface area contributed by atoms with E-state index in [0.717, 1.165) is 6.42 Å². The first-order valence-corrected chi connectivity index (χ1v) is 5.42. The lowest BCUT2D eigenvalue weighted by atomic mass is 10.1. The summed E-state index contributed by atoms with van der Waals surface area (Å²) in [7, 11) is 0. The van der Waals surface area contributed by atoms with Crippen LogP contribution >= 0.6 is 0 Å². The number of carbonyl (C=O) groups is 2. The SMILES string of the molecule is CCCn1nnc(N2C[C@H](C(=O)O)CC2=O)n1. The molecule has 2 rings (SSSR count). The maximum absolute atomic E-state index is 11.6. The standard InChI is InChI=1S/C9H13N5O3/c1-2-3-14-11-9(10-12-14)13-5-6(8(16)17)4-7(13)15/h6H,2-5H2,1H3,(H,16,17)/t6-/m1/s1. The van der Waals surface area contributed by atoms with Crippen molar-refractivity contribution in [3.8, 4) is 0 Å². The third kappa shape index (κ3) is 2.24. The van der Waals surface area contributed by atoms with Gasteiger partial charge in [-0.2, -0.15) is 4.80 Å². The molecule has 1 aliphatic heterocycles. The second-order valence-corrected chi connectivity index (χ2v) is 3.93. The van der Waals surface area contributed by atoms with Crippen LogP contribution in [0.1, 0.15) is 19.8 Å². The van der Waals surface area contributed by atoms with Crippen LogP contribution in [0.3, 0.4) is 0 Å². The summed E-state index contributed by atoms with van der Waals surface area (Å²) in [5.74, 6) is -1.73. The van der Waals surface area contributed by atoms with Gasteiger partial charge in [-0.15, -0.1) is 5.10 Å². The molecule has 1 aromatic rings. The Morgan fingerprint density at radius 3 is 2.94 bits per heavy atom. The normalized spacial score (nSPS) is 19.9. The molecule has 8 heteroatoms. The Morgan fingerprint density at radius 1 is 1.59 bits per heavy atom. The monoisotopic (exact) mass is 239 g/mol. The summed E-state index contributed by atoms with van der Waals surface area (Å²) in [6.45, 7) is 2.72. The van der Waals surface area contributed by atoms with Crippen LogP contribution in [0.15, 0.2) is 0 Å². The zero-order valence-electron chi connectivity index (χ0n) is 9.41. The molecule has 1 saturated heterocycles. The number of tetrazole rings is 1. The van der Waals surface area contributed by atoms with E-state index in [1.165, 1.54) is 9.70 Å². The fourth-order valence-corrected chi connectivity index (χ4v) is 1.70. The first kappa shape index (κ1) is 11.5. The van der Waals surface area contributed by atoms with E-state index in [4.69, 9.17) is 5.11 Å². The zero-order valence-corrected chi connectivity index (χ0v) is 9.41. The van der Waals surface area contributed by atoms with Crippen LogP contribution in [0.2, 0.25) is 0 Å². The lowest BCUT2D eigenvalue weighted by Gasteiger charge is -2.09. The molecule has 1 fully saturated rings. The molecule has 0 aliphatic carbocycles. The van der Waals surface area contributed by atoms with E-state index in [1.54, 1.807) is 0 Å². The van der Waals surface area contributed by atoms with Crippen molar-refractivity contribution in [1.29, 1.82) is 0 Å². The minimum Gasteiger partial charge on any atom is -0.481 e. The number of aryl methyl sites for hydroxylation is 1. The van der Waals surface area contributed by atoms with Gasteiger partial charge in [0.2, 0.25) is 5.91 Å². The number of hydrogen-bond donors (Lipinski definition) is 1. The van der Waals surface area contributed by atoms with Crippen molar-refractivity contribution in [2.75, 3.05) is 11.4 Å². The number of anilines is 1. The molecule has 0 bridgehead atoms. The van der Waals surface area contributed by atoms with Gasteiger partial charge in [0, 0.05) is 13.0 Å². The molecule has 0 spiro atoms. The fourth-order valence-electron chi connectivity index (χ4n) is 1.70. The van der Waals surface area contributed by atoms with E-state index in [9.17, 15) is 9.59 Å². The zero-order chi connectivity index (χ0) is 12.4. The molecule has 92 valence electrons. The van der Waals surface area contributed by atoms with Crippen LogP contribution in [-0.4, -0.2) is 43.7 Å². The van der Waals surface area contributed by atoms with Gasteiger partial charge in [0.15, 0.2) is 0 Å². The largest absolute Gasteiger partial charge is 0.481 e. The van der Waals surface area contributed by atoms with Gasteiger partial charge in [-0.05, 0) is 11.6 Å². The third-order valence-electron chi connectivity index (χ3n) is 2.58. The summed E-state index contributed by atoms with van der Waals surface area (Å²) in [5, 5.41) is 20.4. The highest BCUT2D eigenvalue weighted by Crippen LogP contribution is 2.21. The average Bonchev–Trinajstić information content (AvgIpc) is 2.85. The van der Waals surface area contributed by atoms with E-state index < -0.39 is 11.9 Å². The first-order valence-electron chi connectivity index (χ1n) is 5.42. The van der Waals surface area contributed by atoms with Gasteiger partial charge in [-0.25, -0.2) is 0 Å². The van der Waals surface area contributed by atoms with Crippen LogP contribution < -0.4 is 4.90 Å². The lowest BCUT2D eigenvalue weighted by Crippen LogP contribution is -2.27. The highest BCUT2D eigenvalue weighted by atomic mass is 16.4. The van der Waals surface area contributed by atoms with E-state index in [0.29, 0.717) is 6.54 Å². The summed E-state index contributed by atoms with van der Waals surface area (Å²) >= 11 is 0. The van der Waals surface area contributed by atoms with Crippen molar-refractivity contribution in [2.24, 2.45) is 5.92 Å². The van der Waals surface area contributed by atoms with Crippen LogP contribution in [0.5, 0.6) is 0 Å². The quantitative estimate of drug-likeness (QED) is 0.761. The summed E-state index contributed by atoms with van der Waals surface area (Å²) in [6.07, 6.45) is 0.860. The van der Waals surface area contributed by atoms with Gasteiger partial charge in [0.1, 0.15) is 0 Å². The Kier molecular flexibility index (Phi) is 3.03. The number of amides is 1. The maximum atomic E-state index is 11.6. The molecule has 1 N–H and O–H groups in total. The molecule has 0 unspecified atom stereocenters. The molecule has 1 aliphatic rings. The second-order valence-electron chi connectivity index (χ2n) is 3.93. The van der Waals surface area contributed by atoms with Gasteiger partial charge in [0.25, 0.3) is 5.95 Å². The molecule has 1 aromatic heterocycles. The molecule has 17 heavy (non-hydrogen) atoms. The van der Waals surface area contributed by atoms with Crippen molar-refractivity contribution in [2.45, 2.75) is 26.3 Å². The highest BCUT2D eigenvalue weighted by molar-refractivity contribution is 5.97. The van der Waals surface area contributed by atoms with E-state index in [1.807, 2.05) is 6.92 Å².